The quantitative estimate of drug-likeness (QED) is 0.814. The molecule has 0 spiro atoms. The highest BCUT2D eigenvalue weighted by atomic mass is 32.2. The Hall–Kier alpha value is -1.14. The predicted molar refractivity (Wildman–Crippen MR) is 81.8 cm³/mol. The summed E-state index contributed by atoms with van der Waals surface area (Å²) in [5.41, 5.74) is 0.284. The molecule has 6 heteroatoms. The number of halogens is 2. The molecule has 0 aromatic heterocycles. The van der Waals surface area contributed by atoms with Crippen LogP contribution in [0.3, 0.4) is 0 Å². The van der Waals surface area contributed by atoms with E-state index in [1.807, 2.05) is 6.92 Å². The highest BCUT2D eigenvalue weighted by Crippen LogP contribution is 2.32. The minimum Gasteiger partial charge on any atom is -0.326 e. The number of anilines is 1. The number of amides is 1. The fraction of sp³-hybridized carbons (Fsp3) is 0.533. The van der Waals surface area contributed by atoms with Crippen molar-refractivity contribution < 1.29 is 13.6 Å². The smallest absolute Gasteiger partial charge is 0.288 e. The van der Waals surface area contributed by atoms with Crippen molar-refractivity contribution in [2.45, 2.75) is 36.8 Å². The first-order valence-corrected chi connectivity index (χ1v) is 8.01. The maximum atomic E-state index is 12.5. The van der Waals surface area contributed by atoms with Gasteiger partial charge in [-0.3, -0.25) is 4.79 Å². The van der Waals surface area contributed by atoms with Gasteiger partial charge in [0.15, 0.2) is 0 Å². The van der Waals surface area contributed by atoms with E-state index in [0.29, 0.717) is 28.9 Å². The fourth-order valence-corrected chi connectivity index (χ4v) is 3.11. The van der Waals surface area contributed by atoms with E-state index in [9.17, 15) is 13.6 Å². The molecule has 0 aliphatic carbocycles. The molecular formula is C15H20F2N2OS. The summed E-state index contributed by atoms with van der Waals surface area (Å²) < 4.78 is 24.5. The molecule has 1 fully saturated rings. The molecule has 0 saturated carbocycles. The van der Waals surface area contributed by atoms with Crippen LogP contribution in [0.15, 0.2) is 29.2 Å². The number of piperidine rings is 1. The first-order chi connectivity index (χ1) is 10.1. The number of alkyl halides is 2. The van der Waals surface area contributed by atoms with Crippen LogP contribution in [0.4, 0.5) is 14.5 Å². The van der Waals surface area contributed by atoms with Gasteiger partial charge in [0.25, 0.3) is 5.76 Å². The lowest BCUT2D eigenvalue weighted by molar-refractivity contribution is -0.126. The Morgan fingerprint density at radius 3 is 2.67 bits per heavy atom. The van der Waals surface area contributed by atoms with Gasteiger partial charge in [-0.1, -0.05) is 18.7 Å². The van der Waals surface area contributed by atoms with E-state index >= 15 is 0 Å². The molecule has 1 saturated heterocycles. The molecule has 1 heterocycles. The molecule has 1 atom stereocenters. The van der Waals surface area contributed by atoms with Crippen molar-refractivity contribution in [3.8, 4) is 0 Å². The van der Waals surface area contributed by atoms with Gasteiger partial charge >= 0.3 is 0 Å². The minimum absolute atomic E-state index is 0.00598. The number of nitrogens with one attached hydrogen (secondary N) is 2. The van der Waals surface area contributed by atoms with Crippen LogP contribution in [0.25, 0.3) is 0 Å². The van der Waals surface area contributed by atoms with Gasteiger partial charge in [0.2, 0.25) is 5.91 Å². The van der Waals surface area contributed by atoms with Gasteiger partial charge in [0.1, 0.15) is 0 Å². The second-order valence-corrected chi connectivity index (χ2v) is 6.33. The summed E-state index contributed by atoms with van der Waals surface area (Å²) in [6, 6.07) is 6.54. The average molecular weight is 314 g/mol. The number of hydrogen-bond acceptors (Lipinski definition) is 3. The summed E-state index contributed by atoms with van der Waals surface area (Å²) in [6.45, 7) is 3.66. The van der Waals surface area contributed by atoms with E-state index in [4.69, 9.17) is 0 Å². The van der Waals surface area contributed by atoms with Crippen LogP contribution in [-0.2, 0) is 4.79 Å². The first kappa shape index (κ1) is 16.2. The Morgan fingerprint density at radius 2 is 2.14 bits per heavy atom. The third-order valence-electron chi connectivity index (χ3n) is 3.97. The standard InChI is InChI=1S/C15H20F2N2OS/c1-2-15(8-3-9-18-10-15)13(20)19-11-4-6-12(7-5-11)21-14(16)17/h4-7,14,18H,2-3,8-10H2,1H3,(H,19,20). The minimum atomic E-state index is -2.43. The summed E-state index contributed by atoms with van der Waals surface area (Å²) >= 11 is 0.502. The van der Waals surface area contributed by atoms with E-state index in [-0.39, 0.29) is 11.3 Å². The third-order valence-corrected chi connectivity index (χ3v) is 4.69. The molecule has 2 N–H and O–H groups in total. The van der Waals surface area contributed by atoms with E-state index in [2.05, 4.69) is 10.6 Å². The largest absolute Gasteiger partial charge is 0.326 e. The molecule has 116 valence electrons. The number of carbonyl (C=O) groups is 1. The van der Waals surface area contributed by atoms with Crippen molar-refractivity contribution in [1.82, 2.24) is 5.32 Å². The van der Waals surface area contributed by atoms with Crippen molar-refractivity contribution in [1.29, 1.82) is 0 Å². The number of benzene rings is 1. The van der Waals surface area contributed by atoms with E-state index in [0.717, 1.165) is 25.8 Å². The second kappa shape index (κ2) is 7.22. The van der Waals surface area contributed by atoms with Crippen molar-refractivity contribution in [2.75, 3.05) is 18.4 Å². The molecule has 1 aliphatic heterocycles. The normalized spacial score (nSPS) is 22.3. The molecule has 1 amide bonds. The SMILES string of the molecule is CCC1(C(=O)Nc2ccc(SC(F)F)cc2)CCCNC1. The summed E-state index contributed by atoms with van der Waals surface area (Å²) in [5, 5.41) is 6.18. The molecule has 1 aromatic rings. The van der Waals surface area contributed by atoms with Crippen molar-refractivity contribution in [3.63, 3.8) is 0 Å². The summed E-state index contributed by atoms with van der Waals surface area (Å²) in [4.78, 5) is 13.0. The Balaban J connectivity index is 2.01. The van der Waals surface area contributed by atoms with Crippen LogP contribution in [-0.4, -0.2) is 24.8 Å². The van der Waals surface area contributed by atoms with E-state index in [1.54, 1.807) is 24.3 Å². The summed E-state index contributed by atoms with van der Waals surface area (Å²) in [6.07, 6.45) is 2.65. The van der Waals surface area contributed by atoms with Crippen LogP contribution in [0, 0.1) is 5.41 Å². The average Bonchev–Trinajstić information content (AvgIpc) is 2.49. The van der Waals surface area contributed by atoms with Gasteiger partial charge in [0, 0.05) is 17.1 Å². The molecule has 1 unspecified atom stereocenters. The number of thioether (sulfide) groups is 1. The van der Waals surface area contributed by atoms with Gasteiger partial charge in [-0.25, -0.2) is 0 Å². The fourth-order valence-electron chi connectivity index (χ4n) is 2.61. The number of rotatable bonds is 5. The Kier molecular flexibility index (Phi) is 5.58. The molecule has 21 heavy (non-hydrogen) atoms. The lowest BCUT2D eigenvalue weighted by Gasteiger charge is -2.35. The summed E-state index contributed by atoms with van der Waals surface area (Å²) in [5.74, 6) is -2.42. The predicted octanol–water partition coefficient (Wildman–Crippen LogP) is 3.72. The Morgan fingerprint density at radius 1 is 1.43 bits per heavy atom. The highest BCUT2D eigenvalue weighted by Gasteiger charge is 2.37. The van der Waals surface area contributed by atoms with Crippen LogP contribution in [0.5, 0.6) is 0 Å². The zero-order valence-corrected chi connectivity index (χ0v) is 12.8. The second-order valence-electron chi connectivity index (χ2n) is 5.27. The Labute approximate surface area is 127 Å². The molecular weight excluding hydrogens is 294 g/mol. The summed E-state index contributed by atoms with van der Waals surface area (Å²) in [7, 11) is 0. The monoisotopic (exact) mass is 314 g/mol. The van der Waals surface area contributed by atoms with Crippen molar-refractivity contribution in [3.05, 3.63) is 24.3 Å². The van der Waals surface area contributed by atoms with Gasteiger partial charge in [0.05, 0.1) is 5.41 Å². The third kappa shape index (κ3) is 4.17. The van der Waals surface area contributed by atoms with Gasteiger partial charge in [-0.2, -0.15) is 8.78 Å². The van der Waals surface area contributed by atoms with Gasteiger partial charge in [-0.15, -0.1) is 0 Å². The van der Waals surface area contributed by atoms with E-state index < -0.39 is 5.76 Å². The lowest BCUT2D eigenvalue weighted by atomic mass is 9.77. The van der Waals surface area contributed by atoms with Crippen LogP contribution >= 0.6 is 11.8 Å². The van der Waals surface area contributed by atoms with Gasteiger partial charge in [-0.05, 0) is 50.1 Å². The molecule has 0 radical (unpaired) electrons. The molecule has 1 aromatic carbocycles. The maximum absolute atomic E-state index is 12.5. The van der Waals surface area contributed by atoms with Crippen LogP contribution in [0.2, 0.25) is 0 Å². The van der Waals surface area contributed by atoms with Crippen LogP contribution in [0.1, 0.15) is 26.2 Å². The Bertz CT molecular complexity index is 473. The van der Waals surface area contributed by atoms with Gasteiger partial charge < -0.3 is 10.6 Å². The van der Waals surface area contributed by atoms with Crippen molar-refractivity contribution >= 4 is 23.4 Å². The maximum Gasteiger partial charge on any atom is 0.288 e. The van der Waals surface area contributed by atoms with E-state index in [1.165, 1.54) is 0 Å². The lowest BCUT2D eigenvalue weighted by Crippen LogP contribution is -2.47. The topological polar surface area (TPSA) is 41.1 Å². The molecule has 0 bridgehead atoms. The highest BCUT2D eigenvalue weighted by molar-refractivity contribution is 7.99. The zero-order chi connectivity index (χ0) is 15.3. The number of hydrogen-bond donors (Lipinski definition) is 2. The van der Waals surface area contributed by atoms with Crippen molar-refractivity contribution in [2.24, 2.45) is 5.41 Å². The zero-order valence-electron chi connectivity index (χ0n) is 12.0. The number of carbonyl (C=O) groups excluding carboxylic acids is 1. The molecule has 2 rings (SSSR count). The van der Waals surface area contributed by atoms with Crippen LogP contribution < -0.4 is 10.6 Å². The molecule has 1 aliphatic rings. The first-order valence-electron chi connectivity index (χ1n) is 7.13. The molecule has 3 nitrogen and oxygen atoms in total.